The molecule has 0 saturated carbocycles. The van der Waals surface area contributed by atoms with Gasteiger partial charge in [0.1, 0.15) is 0 Å². The minimum absolute atomic E-state index is 0.547. The first kappa shape index (κ1) is 18.4. The molecule has 0 unspecified atom stereocenters. The van der Waals surface area contributed by atoms with Gasteiger partial charge in [-0.25, -0.2) is 0 Å². The Kier molecular flexibility index (Phi) is 12.2. The van der Waals surface area contributed by atoms with E-state index in [4.69, 9.17) is 11.1 Å². The molecule has 2 aromatic heterocycles. The first-order chi connectivity index (χ1) is 10.2. The Morgan fingerprint density at radius 1 is 0.905 bits per heavy atom. The molecule has 9 heteroatoms. The van der Waals surface area contributed by atoms with Gasteiger partial charge in [0, 0.05) is 24.8 Å². The molecule has 0 aromatic carbocycles. The number of aryl methyl sites for hydroxylation is 2. The molecule has 0 saturated heterocycles. The molecule has 0 radical (unpaired) electrons. The molecule has 0 aliphatic heterocycles. The molecule has 8 nitrogen and oxygen atoms in total. The molecule has 2 heterocycles. The van der Waals surface area contributed by atoms with Crippen molar-refractivity contribution in [3.05, 3.63) is 81.1 Å². The van der Waals surface area contributed by atoms with Crippen molar-refractivity contribution >= 4 is 0 Å². The predicted octanol–water partition coefficient (Wildman–Crippen LogP) is 4.30. The Morgan fingerprint density at radius 2 is 1.33 bits per heavy atom. The Balaban J connectivity index is 0.000000286. The second-order valence-electron chi connectivity index (χ2n) is 3.42. The van der Waals surface area contributed by atoms with Crippen LogP contribution in [-0.2, 0) is 15.4 Å². The molecule has 0 bridgehead atoms. The Morgan fingerprint density at radius 3 is 1.52 bits per heavy atom. The van der Waals surface area contributed by atoms with Crippen LogP contribution in [0.5, 0.6) is 0 Å². The summed E-state index contributed by atoms with van der Waals surface area (Å²) in [7, 11) is 0. The average molecular weight is 334 g/mol. The summed E-state index contributed by atoms with van der Waals surface area (Å²) in [5.74, 6) is 0. The van der Waals surface area contributed by atoms with Crippen LogP contribution >= 0.6 is 0 Å². The zero-order valence-electron chi connectivity index (χ0n) is 11.5. The summed E-state index contributed by atoms with van der Waals surface area (Å²) >= 11 is 0.547. The third kappa shape index (κ3) is 13.7. The molecule has 0 atom stereocenters. The van der Waals surface area contributed by atoms with Crippen molar-refractivity contribution in [2.45, 2.75) is 13.8 Å². The fraction of sp³-hybridized carbons (Fsp3) is 0.167. The number of azide groups is 1. The van der Waals surface area contributed by atoms with Crippen LogP contribution in [0.4, 0.5) is 0 Å². The van der Waals surface area contributed by atoms with Gasteiger partial charge in [-0.05, 0) is 37.1 Å². The summed E-state index contributed by atoms with van der Waals surface area (Å²) in [5, 5.41) is 0. The van der Waals surface area contributed by atoms with E-state index in [0.29, 0.717) is 15.4 Å². The summed E-state index contributed by atoms with van der Waals surface area (Å²) in [5.41, 5.74) is 17.5. The summed E-state index contributed by atoms with van der Waals surface area (Å²) in [4.78, 5) is 12.4. The molecular weight excluding hydrogens is 320 g/mol. The fourth-order valence-electron chi connectivity index (χ4n) is 0.932. The number of nitrogens with zero attached hydrogens (tertiary/aromatic N) is 8. The van der Waals surface area contributed by atoms with Gasteiger partial charge >= 0.3 is 44.5 Å². The summed E-state index contributed by atoms with van der Waals surface area (Å²) in [6.45, 7) is 4.04. The second-order valence-corrected chi connectivity index (χ2v) is 3.99. The second kappa shape index (κ2) is 13.9. The van der Waals surface area contributed by atoms with E-state index in [-0.39, 0.29) is 0 Å². The molecule has 2 aromatic rings. The fourth-order valence-corrected chi connectivity index (χ4v) is 1.05. The number of pyridine rings is 2. The maximum absolute atomic E-state index is 7.54. The number of aromatic nitrogens is 2. The van der Waals surface area contributed by atoms with E-state index in [9.17, 15) is 0 Å². The van der Waals surface area contributed by atoms with Crippen LogP contribution in [0.2, 0.25) is 0 Å². The van der Waals surface area contributed by atoms with Crippen molar-refractivity contribution in [3.8, 4) is 0 Å². The third-order valence-electron chi connectivity index (χ3n) is 1.73. The van der Waals surface area contributed by atoms with E-state index < -0.39 is 0 Å². The van der Waals surface area contributed by atoms with Crippen LogP contribution < -0.4 is 0 Å². The van der Waals surface area contributed by atoms with E-state index in [1.54, 1.807) is 12.4 Å². The Bertz CT molecular complexity index is 523. The van der Waals surface area contributed by atoms with E-state index in [0.717, 1.165) is 0 Å². The summed E-state index contributed by atoms with van der Waals surface area (Å²) in [6, 6.07) is 7.89. The van der Waals surface area contributed by atoms with Gasteiger partial charge in [0.25, 0.3) is 0 Å². The van der Waals surface area contributed by atoms with Gasteiger partial charge in [0.05, 0.1) is 0 Å². The van der Waals surface area contributed by atoms with E-state index in [1.165, 1.54) is 11.1 Å². The predicted molar refractivity (Wildman–Crippen MR) is 76.2 cm³/mol. The molecule has 0 N–H and O–H groups in total. The zero-order chi connectivity index (χ0) is 15.8. The molecule has 0 aliphatic carbocycles. The van der Waals surface area contributed by atoms with Crippen LogP contribution in [-0.4, -0.2) is 9.97 Å². The Labute approximate surface area is 129 Å². The number of rotatable bonds is 2. The van der Waals surface area contributed by atoms with Crippen LogP contribution in [0.3, 0.4) is 0 Å². The standard InChI is InChI=1S/2C6H7N.Cu.2N3/c2*1-6-3-2-4-7-5-6;;2*1-3-2/h2*2-5H,1H3;;;/q;;+2;2*-1. The van der Waals surface area contributed by atoms with Gasteiger partial charge < -0.3 is 0 Å². The van der Waals surface area contributed by atoms with Gasteiger partial charge in [-0.2, -0.15) is 0 Å². The van der Waals surface area contributed by atoms with Gasteiger partial charge in [-0.3, -0.25) is 9.97 Å². The first-order valence-corrected chi connectivity index (χ1v) is 6.43. The van der Waals surface area contributed by atoms with Crippen molar-refractivity contribution < 1.29 is 15.4 Å². The SMILES string of the molecule is Cc1cccnc1.Cc1cccnc1.[N-]=[N+]=[N][Cu][N]=[N+]=[N-]. The zero-order valence-corrected chi connectivity index (χ0v) is 12.4. The summed E-state index contributed by atoms with van der Waals surface area (Å²) < 4.78 is 5.66. The molecule has 2 rings (SSSR count). The van der Waals surface area contributed by atoms with Crippen molar-refractivity contribution in [1.82, 2.24) is 9.97 Å². The number of hydrogen-bond donors (Lipinski definition) is 0. The van der Waals surface area contributed by atoms with Gasteiger partial charge in [-0.1, -0.05) is 12.1 Å². The average Bonchev–Trinajstić information content (AvgIpc) is 2.51. The monoisotopic (exact) mass is 333 g/mol. The Hall–Kier alpha value is -2.56. The molecular formula is C12H14CuN8. The molecule has 0 aliphatic rings. The summed E-state index contributed by atoms with van der Waals surface area (Å²) in [6.07, 6.45) is 7.21. The van der Waals surface area contributed by atoms with E-state index in [1.807, 2.05) is 50.5 Å². The molecule has 21 heavy (non-hydrogen) atoms. The van der Waals surface area contributed by atoms with Crippen molar-refractivity contribution in [3.63, 3.8) is 0 Å². The van der Waals surface area contributed by atoms with Crippen LogP contribution in [0.25, 0.3) is 20.9 Å². The number of hydrogen-bond acceptors (Lipinski definition) is 4. The van der Waals surface area contributed by atoms with E-state index >= 15 is 0 Å². The first-order valence-electron chi connectivity index (χ1n) is 5.59. The van der Waals surface area contributed by atoms with Crippen molar-refractivity contribution in [2.75, 3.05) is 0 Å². The van der Waals surface area contributed by atoms with Crippen molar-refractivity contribution in [1.29, 1.82) is 0 Å². The third-order valence-corrected chi connectivity index (χ3v) is 2.06. The minimum atomic E-state index is 0.547. The molecule has 0 amide bonds. The van der Waals surface area contributed by atoms with Gasteiger partial charge in [0.15, 0.2) is 0 Å². The van der Waals surface area contributed by atoms with Gasteiger partial charge in [-0.15, -0.1) is 0 Å². The molecule has 0 fully saturated rings. The quantitative estimate of drug-likeness (QED) is 0.352. The van der Waals surface area contributed by atoms with Crippen molar-refractivity contribution in [2.24, 2.45) is 8.26 Å². The normalized spacial score (nSPS) is 7.90. The van der Waals surface area contributed by atoms with Crippen LogP contribution in [0.1, 0.15) is 11.1 Å². The van der Waals surface area contributed by atoms with E-state index in [2.05, 4.69) is 28.1 Å². The molecule has 0 spiro atoms. The van der Waals surface area contributed by atoms with Crippen LogP contribution in [0, 0.1) is 13.8 Å². The van der Waals surface area contributed by atoms with Gasteiger partial charge in [0.2, 0.25) is 0 Å². The van der Waals surface area contributed by atoms with Crippen LogP contribution in [0.15, 0.2) is 57.3 Å². The maximum atomic E-state index is 7.54. The molecule has 113 valence electrons. The topological polar surface area (TPSA) is 123 Å².